The van der Waals surface area contributed by atoms with Crippen molar-refractivity contribution >= 4 is 23.2 Å². The van der Waals surface area contributed by atoms with Crippen LogP contribution in [0.5, 0.6) is 0 Å². The molecule has 0 spiro atoms. The van der Waals surface area contributed by atoms with E-state index in [4.69, 9.17) is 11.6 Å². The zero-order valence-electron chi connectivity index (χ0n) is 17.8. The zero-order valence-corrected chi connectivity index (χ0v) is 18.6. The van der Waals surface area contributed by atoms with Gasteiger partial charge in [0.1, 0.15) is 11.6 Å². The van der Waals surface area contributed by atoms with Gasteiger partial charge in [-0.1, -0.05) is 29.8 Å². The molecule has 0 aliphatic carbocycles. The summed E-state index contributed by atoms with van der Waals surface area (Å²) in [5.74, 6) is -1.71. The smallest absolute Gasteiger partial charge is 0.257 e. The van der Waals surface area contributed by atoms with E-state index in [0.29, 0.717) is 27.7 Å². The number of hydrogen-bond donors (Lipinski definition) is 1. The Morgan fingerprint density at radius 1 is 0.875 bits per heavy atom. The van der Waals surface area contributed by atoms with Crippen LogP contribution in [-0.4, -0.2) is 10.5 Å². The topological polar surface area (TPSA) is 34.0 Å². The monoisotopic (exact) mass is 450 g/mol. The number of carbonyl (C=O) groups is 1. The van der Waals surface area contributed by atoms with Gasteiger partial charge in [0.15, 0.2) is 0 Å². The molecule has 4 aromatic rings. The summed E-state index contributed by atoms with van der Waals surface area (Å²) < 4.78 is 29.9. The van der Waals surface area contributed by atoms with Gasteiger partial charge >= 0.3 is 0 Å². The summed E-state index contributed by atoms with van der Waals surface area (Å²) in [5.41, 5.74) is 5.26. The summed E-state index contributed by atoms with van der Waals surface area (Å²) in [4.78, 5) is 13.2. The highest BCUT2D eigenvalue weighted by atomic mass is 35.5. The lowest BCUT2D eigenvalue weighted by molar-refractivity contribution is 0.102. The average molecular weight is 451 g/mol. The number of halogens is 3. The molecule has 162 valence electrons. The zero-order chi connectivity index (χ0) is 23.0. The average Bonchev–Trinajstić information content (AvgIpc) is 3.08. The number of carbonyl (C=O) groups excluding carboxylic acids is 1. The third-order valence-electron chi connectivity index (χ3n) is 5.55. The Balaban J connectivity index is 1.84. The van der Waals surface area contributed by atoms with Crippen molar-refractivity contribution in [2.75, 3.05) is 5.32 Å². The summed E-state index contributed by atoms with van der Waals surface area (Å²) in [5, 5.41) is 3.48. The van der Waals surface area contributed by atoms with E-state index in [2.05, 4.69) is 5.32 Å². The van der Waals surface area contributed by atoms with Gasteiger partial charge in [-0.15, -0.1) is 0 Å². The molecule has 0 unspecified atom stereocenters. The fourth-order valence-electron chi connectivity index (χ4n) is 3.66. The molecule has 3 aromatic carbocycles. The Bertz CT molecular complexity index is 1330. The van der Waals surface area contributed by atoms with Gasteiger partial charge in [-0.3, -0.25) is 4.79 Å². The van der Waals surface area contributed by atoms with E-state index in [9.17, 15) is 13.6 Å². The summed E-state index contributed by atoms with van der Waals surface area (Å²) in [6, 6.07) is 17.8. The summed E-state index contributed by atoms with van der Waals surface area (Å²) >= 11 is 6.03. The van der Waals surface area contributed by atoms with E-state index in [1.165, 1.54) is 12.1 Å². The molecule has 1 heterocycles. The molecule has 1 aromatic heterocycles. The molecule has 0 aliphatic rings. The molecule has 0 radical (unpaired) electrons. The number of hydrogen-bond acceptors (Lipinski definition) is 1. The lowest BCUT2D eigenvalue weighted by atomic mass is 10.1. The van der Waals surface area contributed by atoms with Crippen LogP contribution < -0.4 is 5.32 Å². The van der Waals surface area contributed by atoms with Gasteiger partial charge in [0.05, 0.1) is 16.9 Å². The highest BCUT2D eigenvalue weighted by molar-refractivity contribution is 6.30. The Morgan fingerprint density at radius 3 is 2.25 bits per heavy atom. The number of aryl methyl sites for hydroxylation is 2. The minimum absolute atomic E-state index is 0.152. The molecule has 0 saturated carbocycles. The van der Waals surface area contributed by atoms with E-state index in [1.807, 2.05) is 32.0 Å². The maximum atomic E-state index is 14.7. The molecule has 0 aliphatic heterocycles. The van der Waals surface area contributed by atoms with Gasteiger partial charge < -0.3 is 9.88 Å². The van der Waals surface area contributed by atoms with Crippen molar-refractivity contribution in [2.45, 2.75) is 20.8 Å². The molecule has 1 amide bonds. The summed E-state index contributed by atoms with van der Waals surface area (Å²) in [6.07, 6.45) is 0. The molecule has 32 heavy (non-hydrogen) atoms. The highest BCUT2D eigenvalue weighted by Crippen LogP contribution is 2.32. The molecular formula is C26H21ClF2N2O. The van der Waals surface area contributed by atoms with Crippen LogP contribution in [0.15, 0.2) is 66.7 Å². The third-order valence-corrected chi connectivity index (χ3v) is 5.80. The Morgan fingerprint density at radius 2 is 1.59 bits per heavy atom. The molecule has 6 heteroatoms. The van der Waals surface area contributed by atoms with Gasteiger partial charge in [0, 0.05) is 22.5 Å². The van der Waals surface area contributed by atoms with Crippen molar-refractivity contribution in [3.63, 3.8) is 0 Å². The van der Waals surface area contributed by atoms with Crippen molar-refractivity contribution in [1.82, 2.24) is 4.57 Å². The number of nitrogens with one attached hydrogen (secondary N) is 1. The van der Waals surface area contributed by atoms with Crippen LogP contribution in [0.1, 0.15) is 27.2 Å². The number of nitrogens with zero attached hydrogens (tertiary/aromatic N) is 1. The van der Waals surface area contributed by atoms with Crippen molar-refractivity contribution < 1.29 is 13.6 Å². The van der Waals surface area contributed by atoms with E-state index in [-0.39, 0.29) is 11.6 Å². The molecule has 1 N–H and O–H groups in total. The van der Waals surface area contributed by atoms with Crippen molar-refractivity contribution in [1.29, 1.82) is 0 Å². The lowest BCUT2D eigenvalue weighted by Gasteiger charge is -2.13. The predicted molar refractivity (Wildman–Crippen MR) is 125 cm³/mol. The van der Waals surface area contributed by atoms with Crippen LogP contribution in [-0.2, 0) is 0 Å². The van der Waals surface area contributed by atoms with Crippen molar-refractivity contribution in [2.24, 2.45) is 0 Å². The number of rotatable bonds is 4. The first-order valence-electron chi connectivity index (χ1n) is 10.1. The first kappa shape index (κ1) is 21.8. The molecule has 0 fully saturated rings. The van der Waals surface area contributed by atoms with Crippen LogP contribution >= 0.6 is 11.6 Å². The van der Waals surface area contributed by atoms with Crippen molar-refractivity contribution in [3.8, 4) is 16.9 Å². The maximum absolute atomic E-state index is 14.7. The lowest BCUT2D eigenvalue weighted by Crippen LogP contribution is -2.13. The van der Waals surface area contributed by atoms with Crippen LogP contribution in [0.2, 0.25) is 5.02 Å². The predicted octanol–water partition coefficient (Wildman–Crippen LogP) is 7.25. The second kappa shape index (κ2) is 8.60. The molecular weight excluding hydrogens is 430 g/mol. The van der Waals surface area contributed by atoms with Crippen LogP contribution in [0, 0.1) is 32.4 Å². The SMILES string of the molecule is Cc1ccc(NC(=O)c2cc(-c3ccc(Cl)cc3)n(-c3ccc(F)cc3F)c2C)cc1C. The number of amides is 1. The Hall–Kier alpha value is -3.44. The Kier molecular flexibility index (Phi) is 5.85. The molecule has 0 bridgehead atoms. The minimum Gasteiger partial charge on any atom is -0.322 e. The first-order valence-corrected chi connectivity index (χ1v) is 10.4. The Labute approximate surface area is 190 Å². The van der Waals surface area contributed by atoms with Crippen LogP contribution in [0.4, 0.5) is 14.5 Å². The molecule has 3 nitrogen and oxygen atoms in total. The number of anilines is 1. The first-order chi connectivity index (χ1) is 15.2. The van der Waals surface area contributed by atoms with E-state index in [1.54, 1.807) is 41.8 Å². The van der Waals surface area contributed by atoms with Gasteiger partial charge in [0.25, 0.3) is 5.91 Å². The quantitative estimate of drug-likeness (QED) is 0.349. The standard InChI is InChI=1S/C26H21ClF2N2O/c1-15-4-10-21(12-16(15)2)30-26(32)22-14-25(18-5-7-19(27)8-6-18)31(17(22)3)24-11-9-20(28)13-23(24)29/h4-14H,1-3H3,(H,30,32). The maximum Gasteiger partial charge on any atom is 0.257 e. The fourth-order valence-corrected chi connectivity index (χ4v) is 3.79. The fraction of sp³-hybridized carbons (Fsp3) is 0.115. The van der Waals surface area contributed by atoms with E-state index in [0.717, 1.165) is 22.8 Å². The van der Waals surface area contributed by atoms with Crippen molar-refractivity contribution in [3.05, 3.63) is 106 Å². The summed E-state index contributed by atoms with van der Waals surface area (Å²) in [7, 11) is 0. The third kappa shape index (κ3) is 4.16. The molecule has 0 atom stereocenters. The molecule has 0 saturated heterocycles. The number of aromatic nitrogens is 1. The van der Waals surface area contributed by atoms with Gasteiger partial charge in [0.2, 0.25) is 0 Å². The minimum atomic E-state index is -0.722. The van der Waals surface area contributed by atoms with E-state index < -0.39 is 11.6 Å². The van der Waals surface area contributed by atoms with Gasteiger partial charge in [-0.05, 0) is 79.9 Å². The normalized spacial score (nSPS) is 10.9. The summed E-state index contributed by atoms with van der Waals surface area (Å²) in [6.45, 7) is 5.71. The van der Waals surface area contributed by atoms with Crippen LogP contribution in [0.25, 0.3) is 16.9 Å². The van der Waals surface area contributed by atoms with E-state index >= 15 is 0 Å². The highest BCUT2D eigenvalue weighted by Gasteiger charge is 2.22. The van der Waals surface area contributed by atoms with Crippen LogP contribution in [0.3, 0.4) is 0 Å². The molecule has 4 rings (SSSR count). The second-order valence-corrected chi connectivity index (χ2v) is 8.16. The second-order valence-electron chi connectivity index (χ2n) is 7.72. The largest absolute Gasteiger partial charge is 0.322 e. The number of benzene rings is 3. The van der Waals surface area contributed by atoms with Gasteiger partial charge in [-0.2, -0.15) is 0 Å². The van der Waals surface area contributed by atoms with Gasteiger partial charge in [-0.25, -0.2) is 8.78 Å².